The van der Waals surface area contributed by atoms with Gasteiger partial charge in [0.1, 0.15) is 5.76 Å². The van der Waals surface area contributed by atoms with Crippen LogP contribution in [0.4, 0.5) is 0 Å². The molecule has 0 unspecified atom stereocenters. The number of carboxylic acids is 1. The number of hydrogen-bond acceptors (Lipinski definition) is 3. The van der Waals surface area contributed by atoms with E-state index in [1.807, 2.05) is 0 Å². The molecular formula is C13H17NO4. The Morgan fingerprint density at radius 1 is 1.44 bits per heavy atom. The average Bonchev–Trinajstić information content (AvgIpc) is 2.68. The molecule has 98 valence electrons. The van der Waals surface area contributed by atoms with Crippen LogP contribution in [0.3, 0.4) is 0 Å². The van der Waals surface area contributed by atoms with Gasteiger partial charge in [0, 0.05) is 6.54 Å². The molecule has 0 radical (unpaired) electrons. The van der Waals surface area contributed by atoms with Gasteiger partial charge in [-0.05, 0) is 37.3 Å². The molecular weight excluding hydrogens is 234 g/mol. The van der Waals surface area contributed by atoms with Crippen LogP contribution in [0.25, 0.3) is 0 Å². The topological polar surface area (TPSA) is 79.5 Å². The van der Waals surface area contributed by atoms with Gasteiger partial charge in [-0.2, -0.15) is 0 Å². The minimum absolute atomic E-state index is 0.116. The van der Waals surface area contributed by atoms with E-state index in [0.717, 1.165) is 19.3 Å². The highest BCUT2D eigenvalue weighted by Gasteiger charge is 2.39. The van der Waals surface area contributed by atoms with Gasteiger partial charge >= 0.3 is 5.97 Å². The summed E-state index contributed by atoms with van der Waals surface area (Å²) in [6, 6.07) is 3.35. The Morgan fingerprint density at radius 3 is 2.61 bits per heavy atom. The molecule has 1 aromatic heterocycles. The molecule has 2 N–H and O–H groups in total. The van der Waals surface area contributed by atoms with E-state index in [4.69, 9.17) is 9.52 Å². The number of aryl methyl sites for hydroxylation is 1. The number of nitrogens with one attached hydrogen (secondary N) is 1. The third-order valence-corrected chi connectivity index (χ3v) is 3.53. The van der Waals surface area contributed by atoms with E-state index in [-0.39, 0.29) is 23.5 Å². The Hall–Kier alpha value is -1.78. The minimum Gasteiger partial charge on any atom is -0.481 e. The fraction of sp³-hybridized carbons (Fsp3) is 0.538. The zero-order valence-electron chi connectivity index (χ0n) is 10.4. The van der Waals surface area contributed by atoms with E-state index in [1.54, 1.807) is 19.1 Å². The second-order valence-electron chi connectivity index (χ2n) is 5.02. The van der Waals surface area contributed by atoms with Crippen molar-refractivity contribution in [1.29, 1.82) is 0 Å². The lowest BCUT2D eigenvalue weighted by molar-refractivity contribution is -0.141. The molecule has 1 aliphatic carbocycles. The third-order valence-electron chi connectivity index (χ3n) is 3.53. The zero-order valence-corrected chi connectivity index (χ0v) is 10.4. The molecule has 1 fully saturated rings. The van der Waals surface area contributed by atoms with Crippen molar-refractivity contribution in [2.75, 3.05) is 6.54 Å². The molecule has 2 rings (SSSR count). The molecule has 1 aromatic rings. The molecule has 5 heteroatoms. The van der Waals surface area contributed by atoms with Crippen LogP contribution in [0.2, 0.25) is 0 Å². The predicted molar refractivity (Wildman–Crippen MR) is 64.3 cm³/mol. The van der Waals surface area contributed by atoms with Crippen molar-refractivity contribution in [3.8, 4) is 0 Å². The Morgan fingerprint density at radius 2 is 2.17 bits per heavy atom. The van der Waals surface area contributed by atoms with Crippen LogP contribution in [0.15, 0.2) is 16.5 Å². The molecule has 5 nitrogen and oxygen atoms in total. The molecule has 0 atom stereocenters. The van der Waals surface area contributed by atoms with E-state index in [2.05, 4.69) is 5.32 Å². The third kappa shape index (κ3) is 2.72. The monoisotopic (exact) mass is 251 g/mol. The minimum atomic E-state index is -0.808. The molecule has 1 saturated carbocycles. The summed E-state index contributed by atoms with van der Waals surface area (Å²) in [6.07, 6.45) is 2.86. The van der Waals surface area contributed by atoms with Crippen LogP contribution in [-0.2, 0) is 4.79 Å². The number of carbonyl (C=O) groups is 2. The van der Waals surface area contributed by atoms with Crippen molar-refractivity contribution < 1.29 is 19.1 Å². The molecule has 0 aliphatic heterocycles. The van der Waals surface area contributed by atoms with Crippen LogP contribution in [0.5, 0.6) is 0 Å². The van der Waals surface area contributed by atoms with Crippen LogP contribution in [0, 0.1) is 12.3 Å². The molecule has 1 heterocycles. The first kappa shape index (κ1) is 12.7. The number of carboxylic acid groups (broad SMARTS) is 1. The second-order valence-corrected chi connectivity index (χ2v) is 5.02. The fourth-order valence-corrected chi connectivity index (χ4v) is 2.33. The predicted octanol–water partition coefficient (Wildman–Crippen LogP) is 1.96. The van der Waals surface area contributed by atoms with Crippen molar-refractivity contribution in [1.82, 2.24) is 5.32 Å². The fourth-order valence-electron chi connectivity index (χ4n) is 2.33. The smallest absolute Gasteiger partial charge is 0.303 e. The van der Waals surface area contributed by atoms with E-state index in [1.165, 1.54) is 0 Å². The highest BCUT2D eigenvalue weighted by molar-refractivity contribution is 5.91. The maximum atomic E-state index is 11.8. The van der Waals surface area contributed by atoms with Gasteiger partial charge in [0.05, 0.1) is 6.42 Å². The maximum Gasteiger partial charge on any atom is 0.303 e. The van der Waals surface area contributed by atoms with Crippen LogP contribution < -0.4 is 5.32 Å². The average molecular weight is 251 g/mol. The van der Waals surface area contributed by atoms with Crippen molar-refractivity contribution in [3.05, 3.63) is 23.7 Å². The van der Waals surface area contributed by atoms with E-state index in [0.29, 0.717) is 12.3 Å². The maximum absolute atomic E-state index is 11.8. The highest BCUT2D eigenvalue weighted by Crippen LogP contribution is 2.43. The summed E-state index contributed by atoms with van der Waals surface area (Å²) >= 11 is 0. The first-order valence-corrected chi connectivity index (χ1v) is 6.07. The summed E-state index contributed by atoms with van der Waals surface area (Å²) < 4.78 is 5.21. The lowest BCUT2D eigenvalue weighted by Crippen LogP contribution is -2.43. The number of carbonyl (C=O) groups excluding carboxylic acids is 1. The normalized spacial score (nSPS) is 16.9. The van der Waals surface area contributed by atoms with E-state index >= 15 is 0 Å². The molecule has 18 heavy (non-hydrogen) atoms. The lowest BCUT2D eigenvalue weighted by Gasteiger charge is -2.40. The van der Waals surface area contributed by atoms with Gasteiger partial charge in [0.15, 0.2) is 5.76 Å². The van der Waals surface area contributed by atoms with Crippen LogP contribution in [-0.4, -0.2) is 23.5 Å². The van der Waals surface area contributed by atoms with Crippen molar-refractivity contribution in [2.45, 2.75) is 32.6 Å². The first-order valence-electron chi connectivity index (χ1n) is 6.07. The second kappa shape index (κ2) is 4.84. The summed E-state index contributed by atoms with van der Waals surface area (Å²) in [6.45, 7) is 2.17. The SMILES string of the molecule is Cc1ccc(C(=O)NCC2(CC(=O)O)CCC2)o1. The zero-order chi connectivity index (χ0) is 13.2. The van der Waals surface area contributed by atoms with Gasteiger partial charge in [-0.1, -0.05) is 6.42 Å². The first-order chi connectivity index (χ1) is 8.51. The number of furan rings is 1. The quantitative estimate of drug-likeness (QED) is 0.838. The highest BCUT2D eigenvalue weighted by atomic mass is 16.4. The standard InChI is InChI=1S/C13H17NO4/c1-9-3-4-10(18-9)12(17)14-8-13(5-2-6-13)7-11(15)16/h3-4H,2,5-8H2,1H3,(H,14,17)(H,15,16). The molecule has 0 aromatic carbocycles. The summed E-state index contributed by atoms with van der Waals surface area (Å²) in [4.78, 5) is 22.6. The number of hydrogen-bond donors (Lipinski definition) is 2. The Labute approximate surface area is 105 Å². The van der Waals surface area contributed by atoms with Crippen molar-refractivity contribution in [2.24, 2.45) is 5.41 Å². The number of amides is 1. The molecule has 1 amide bonds. The van der Waals surface area contributed by atoms with Crippen LogP contribution in [0.1, 0.15) is 42.0 Å². The molecule has 1 aliphatic rings. The summed E-state index contributed by atoms with van der Waals surface area (Å²) in [7, 11) is 0. The van der Waals surface area contributed by atoms with Gasteiger partial charge in [-0.25, -0.2) is 0 Å². The van der Waals surface area contributed by atoms with E-state index < -0.39 is 5.97 Å². The van der Waals surface area contributed by atoms with Crippen molar-refractivity contribution in [3.63, 3.8) is 0 Å². The lowest BCUT2D eigenvalue weighted by atomic mass is 9.66. The van der Waals surface area contributed by atoms with Gasteiger partial charge < -0.3 is 14.8 Å². The summed E-state index contributed by atoms with van der Waals surface area (Å²) in [5, 5.41) is 11.6. The Balaban J connectivity index is 1.90. The Bertz CT molecular complexity index is 459. The summed E-state index contributed by atoms with van der Waals surface area (Å²) in [5.74, 6) is -0.126. The largest absolute Gasteiger partial charge is 0.481 e. The van der Waals surface area contributed by atoms with Crippen LogP contribution >= 0.6 is 0 Å². The van der Waals surface area contributed by atoms with Gasteiger partial charge in [-0.3, -0.25) is 9.59 Å². The van der Waals surface area contributed by atoms with E-state index in [9.17, 15) is 9.59 Å². The molecule has 0 spiro atoms. The van der Waals surface area contributed by atoms with Gasteiger partial charge in [-0.15, -0.1) is 0 Å². The number of aliphatic carboxylic acids is 1. The van der Waals surface area contributed by atoms with Gasteiger partial charge in [0.25, 0.3) is 5.91 Å². The van der Waals surface area contributed by atoms with Gasteiger partial charge in [0.2, 0.25) is 0 Å². The Kier molecular flexibility index (Phi) is 3.41. The summed E-state index contributed by atoms with van der Waals surface area (Å²) in [5.41, 5.74) is -0.261. The molecule has 0 saturated heterocycles. The van der Waals surface area contributed by atoms with Crippen molar-refractivity contribution >= 4 is 11.9 Å². The number of rotatable bonds is 5. The molecule has 0 bridgehead atoms.